The molecule has 1 amide bonds. The fourth-order valence-electron chi connectivity index (χ4n) is 2.65. The molecule has 0 heterocycles. The van der Waals surface area contributed by atoms with E-state index in [4.69, 9.17) is 9.47 Å². The van der Waals surface area contributed by atoms with Crippen LogP contribution in [0, 0.1) is 0 Å². The quantitative estimate of drug-likeness (QED) is 0.648. The number of carbonyl (C=O) groups is 2. The van der Waals surface area contributed by atoms with E-state index in [1.165, 1.54) is 25.3 Å². The van der Waals surface area contributed by atoms with Crippen molar-refractivity contribution in [1.82, 2.24) is 0 Å². The molecule has 0 aliphatic heterocycles. The van der Waals surface area contributed by atoms with Crippen molar-refractivity contribution < 1.29 is 24.2 Å². The first-order valence-corrected chi connectivity index (χ1v) is 8.56. The van der Waals surface area contributed by atoms with E-state index in [9.17, 15) is 14.7 Å². The van der Waals surface area contributed by atoms with E-state index in [1.807, 2.05) is 42.5 Å². The number of benzene rings is 3. The van der Waals surface area contributed by atoms with Crippen LogP contribution in [0.1, 0.15) is 10.4 Å². The van der Waals surface area contributed by atoms with E-state index < -0.39 is 11.9 Å². The van der Waals surface area contributed by atoms with Crippen molar-refractivity contribution in [2.75, 3.05) is 19.0 Å². The lowest BCUT2D eigenvalue weighted by molar-refractivity contribution is -0.118. The van der Waals surface area contributed by atoms with Crippen molar-refractivity contribution in [3.05, 3.63) is 78.4 Å². The van der Waals surface area contributed by atoms with Crippen molar-refractivity contribution in [2.45, 2.75) is 0 Å². The number of nitrogens with one attached hydrogen (secondary N) is 1. The van der Waals surface area contributed by atoms with Gasteiger partial charge in [-0.15, -0.1) is 0 Å². The molecule has 0 spiro atoms. The maximum Gasteiger partial charge on any atom is 0.337 e. The highest BCUT2D eigenvalue weighted by atomic mass is 16.5. The number of hydrogen-bond acceptors (Lipinski definition) is 4. The highest BCUT2D eigenvalue weighted by Crippen LogP contribution is 2.24. The summed E-state index contributed by atoms with van der Waals surface area (Å²) < 4.78 is 10.6. The molecule has 6 heteroatoms. The monoisotopic (exact) mass is 377 g/mol. The third kappa shape index (κ3) is 4.67. The van der Waals surface area contributed by atoms with Gasteiger partial charge in [-0.1, -0.05) is 42.5 Å². The van der Waals surface area contributed by atoms with Crippen LogP contribution in [0.4, 0.5) is 5.69 Å². The maximum atomic E-state index is 12.2. The number of anilines is 1. The van der Waals surface area contributed by atoms with Crippen LogP contribution in [0.5, 0.6) is 11.5 Å². The molecule has 3 aromatic rings. The van der Waals surface area contributed by atoms with Gasteiger partial charge in [-0.05, 0) is 35.4 Å². The van der Waals surface area contributed by atoms with E-state index in [2.05, 4.69) is 5.32 Å². The molecule has 6 nitrogen and oxygen atoms in total. The number of hydrogen-bond donors (Lipinski definition) is 2. The summed E-state index contributed by atoms with van der Waals surface area (Å²) in [6, 6.07) is 21.6. The Bertz CT molecular complexity index is 968. The fourth-order valence-corrected chi connectivity index (χ4v) is 2.65. The Morgan fingerprint density at radius 2 is 1.54 bits per heavy atom. The molecular weight excluding hydrogens is 358 g/mol. The zero-order chi connectivity index (χ0) is 19.9. The largest absolute Gasteiger partial charge is 0.497 e. The summed E-state index contributed by atoms with van der Waals surface area (Å²) in [5.74, 6) is -0.630. The first-order valence-electron chi connectivity index (χ1n) is 8.56. The van der Waals surface area contributed by atoms with E-state index in [1.54, 1.807) is 12.1 Å². The first-order chi connectivity index (χ1) is 13.6. The van der Waals surface area contributed by atoms with Crippen molar-refractivity contribution in [3.63, 3.8) is 0 Å². The lowest BCUT2D eigenvalue weighted by Crippen LogP contribution is -2.21. The predicted octanol–water partition coefficient (Wildman–Crippen LogP) is 4.08. The van der Waals surface area contributed by atoms with Gasteiger partial charge >= 0.3 is 5.97 Å². The van der Waals surface area contributed by atoms with Gasteiger partial charge in [-0.2, -0.15) is 0 Å². The summed E-state index contributed by atoms with van der Waals surface area (Å²) >= 11 is 0. The van der Waals surface area contributed by atoms with E-state index >= 15 is 0 Å². The molecule has 0 saturated heterocycles. The highest BCUT2D eigenvalue weighted by molar-refractivity contribution is 6.01. The Morgan fingerprint density at radius 3 is 2.18 bits per heavy atom. The smallest absolute Gasteiger partial charge is 0.337 e. The number of carboxylic acid groups (broad SMARTS) is 1. The summed E-state index contributed by atoms with van der Waals surface area (Å²) in [5.41, 5.74) is 2.26. The molecule has 0 bridgehead atoms. The van der Waals surface area contributed by atoms with Crippen LogP contribution in [0.25, 0.3) is 11.1 Å². The van der Waals surface area contributed by atoms with Gasteiger partial charge in [0.25, 0.3) is 5.91 Å². The molecule has 0 radical (unpaired) electrons. The SMILES string of the molecule is COc1ccc(C(=O)O)c(NC(=O)COc2ccc(-c3ccccc3)cc2)c1. The lowest BCUT2D eigenvalue weighted by atomic mass is 10.1. The topological polar surface area (TPSA) is 84.9 Å². The number of amides is 1. The van der Waals surface area contributed by atoms with Gasteiger partial charge in [0.15, 0.2) is 6.61 Å². The maximum absolute atomic E-state index is 12.2. The standard InChI is InChI=1S/C22H19NO5/c1-27-18-11-12-19(22(25)26)20(13-18)23-21(24)14-28-17-9-7-16(8-10-17)15-5-3-2-4-6-15/h2-13H,14H2,1H3,(H,23,24)(H,25,26). The highest BCUT2D eigenvalue weighted by Gasteiger charge is 2.14. The lowest BCUT2D eigenvalue weighted by Gasteiger charge is -2.11. The van der Waals surface area contributed by atoms with Crippen LogP contribution in [-0.2, 0) is 4.79 Å². The second kappa shape index (κ2) is 8.73. The third-order valence-electron chi connectivity index (χ3n) is 4.06. The van der Waals surface area contributed by atoms with Gasteiger partial charge in [0.2, 0.25) is 0 Å². The Kier molecular flexibility index (Phi) is 5.91. The molecule has 0 saturated carbocycles. The Morgan fingerprint density at radius 1 is 0.893 bits per heavy atom. The zero-order valence-electron chi connectivity index (χ0n) is 15.2. The van der Waals surface area contributed by atoms with Gasteiger partial charge < -0.3 is 19.9 Å². The van der Waals surface area contributed by atoms with Crippen LogP contribution in [-0.4, -0.2) is 30.7 Å². The number of carboxylic acids is 1. The molecule has 0 aromatic heterocycles. The normalized spacial score (nSPS) is 10.2. The summed E-state index contributed by atoms with van der Waals surface area (Å²) in [6.45, 7) is -0.249. The molecule has 3 aromatic carbocycles. The Balaban J connectivity index is 1.62. The average molecular weight is 377 g/mol. The molecule has 2 N–H and O–H groups in total. The third-order valence-corrected chi connectivity index (χ3v) is 4.06. The zero-order valence-corrected chi connectivity index (χ0v) is 15.2. The summed E-state index contributed by atoms with van der Waals surface area (Å²) in [5, 5.41) is 11.8. The van der Waals surface area contributed by atoms with E-state index in [0.717, 1.165) is 11.1 Å². The molecule has 142 valence electrons. The van der Waals surface area contributed by atoms with Gasteiger partial charge in [0, 0.05) is 6.07 Å². The van der Waals surface area contributed by atoms with Gasteiger partial charge in [0.05, 0.1) is 18.4 Å². The number of methoxy groups -OCH3 is 1. The molecule has 0 fully saturated rings. The minimum Gasteiger partial charge on any atom is -0.497 e. The summed E-state index contributed by atoms with van der Waals surface area (Å²) in [4.78, 5) is 23.5. The predicted molar refractivity (Wildman–Crippen MR) is 106 cm³/mol. The number of aromatic carboxylic acids is 1. The van der Waals surface area contributed by atoms with Crippen molar-refractivity contribution >= 4 is 17.6 Å². The second-order valence-corrected chi connectivity index (χ2v) is 5.94. The average Bonchev–Trinajstić information content (AvgIpc) is 2.73. The van der Waals surface area contributed by atoms with Crippen molar-refractivity contribution in [3.8, 4) is 22.6 Å². The van der Waals surface area contributed by atoms with E-state index in [-0.39, 0.29) is 17.9 Å². The molecular formula is C22H19NO5. The number of carbonyl (C=O) groups excluding carboxylic acids is 1. The van der Waals surface area contributed by atoms with Crippen LogP contribution in [0.3, 0.4) is 0 Å². The van der Waals surface area contributed by atoms with Gasteiger partial charge in [-0.25, -0.2) is 4.79 Å². The molecule has 28 heavy (non-hydrogen) atoms. The van der Waals surface area contributed by atoms with Gasteiger partial charge in [-0.3, -0.25) is 4.79 Å². The number of ether oxygens (including phenoxy) is 2. The Hall–Kier alpha value is -3.80. The minimum atomic E-state index is -1.14. The second-order valence-electron chi connectivity index (χ2n) is 5.94. The first kappa shape index (κ1) is 19.0. The van der Waals surface area contributed by atoms with Crippen LogP contribution >= 0.6 is 0 Å². The Labute approximate surface area is 162 Å². The van der Waals surface area contributed by atoms with Crippen LogP contribution < -0.4 is 14.8 Å². The molecule has 0 atom stereocenters. The number of rotatable bonds is 7. The van der Waals surface area contributed by atoms with Gasteiger partial charge in [0.1, 0.15) is 11.5 Å². The molecule has 3 rings (SSSR count). The van der Waals surface area contributed by atoms with Crippen LogP contribution in [0.15, 0.2) is 72.8 Å². The van der Waals surface area contributed by atoms with Crippen molar-refractivity contribution in [1.29, 1.82) is 0 Å². The summed E-state index contributed by atoms with van der Waals surface area (Å²) in [7, 11) is 1.46. The molecule has 0 aliphatic carbocycles. The molecule has 0 unspecified atom stereocenters. The van der Waals surface area contributed by atoms with Crippen molar-refractivity contribution in [2.24, 2.45) is 0 Å². The minimum absolute atomic E-state index is 0.0265. The van der Waals surface area contributed by atoms with E-state index in [0.29, 0.717) is 11.5 Å². The fraction of sp³-hybridized carbons (Fsp3) is 0.0909. The van der Waals surface area contributed by atoms with Crippen LogP contribution in [0.2, 0.25) is 0 Å². The summed E-state index contributed by atoms with van der Waals surface area (Å²) in [6.07, 6.45) is 0. The molecule has 0 aliphatic rings.